The van der Waals surface area contributed by atoms with Gasteiger partial charge in [-0.2, -0.15) is 0 Å². The second kappa shape index (κ2) is 4.22. The molecule has 3 heteroatoms. The number of likely N-dealkylation sites (tertiary alicyclic amines) is 1. The van der Waals surface area contributed by atoms with E-state index in [0.29, 0.717) is 0 Å². The molecule has 14 heavy (non-hydrogen) atoms. The first-order valence-electron chi connectivity index (χ1n) is 4.93. The van der Waals surface area contributed by atoms with Crippen molar-refractivity contribution in [2.75, 3.05) is 20.2 Å². The number of hydrogen-bond donors (Lipinski definition) is 0. The molecule has 0 unspecified atom stereocenters. The number of hydrogen-bond acceptors (Lipinski definition) is 3. The van der Waals surface area contributed by atoms with Gasteiger partial charge in [0.15, 0.2) is 5.76 Å². The minimum absolute atomic E-state index is 0.883. The lowest BCUT2D eigenvalue weighted by Crippen LogP contribution is -2.17. The predicted molar refractivity (Wildman–Crippen MR) is 54.5 cm³/mol. The highest BCUT2D eigenvalue weighted by Crippen LogP contribution is 2.23. The summed E-state index contributed by atoms with van der Waals surface area (Å²) in [6.07, 6.45) is 5.95. The summed E-state index contributed by atoms with van der Waals surface area (Å²) in [5.41, 5.74) is 1.05. The normalized spacial score (nSPS) is 17.5. The number of ether oxygens (including phenoxy) is 1. The Labute approximate surface area is 84.0 Å². The highest BCUT2D eigenvalue weighted by Gasteiger charge is 2.18. The molecule has 1 aromatic rings. The SMILES string of the molecule is COC=C(c1ccco1)N1CCCC1. The summed E-state index contributed by atoms with van der Waals surface area (Å²) in [5, 5.41) is 0. The Morgan fingerprint density at radius 2 is 2.29 bits per heavy atom. The van der Waals surface area contributed by atoms with Crippen molar-refractivity contribution in [2.24, 2.45) is 0 Å². The molecule has 0 saturated carbocycles. The smallest absolute Gasteiger partial charge is 0.153 e. The Morgan fingerprint density at radius 3 is 2.86 bits per heavy atom. The molecule has 0 radical (unpaired) electrons. The molecule has 76 valence electrons. The van der Waals surface area contributed by atoms with Crippen LogP contribution < -0.4 is 0 Å². The van der Waals surface area contributed by atoms with Crippen molar-refractivity contribution in [3.8, 4) is 0 Å². The van der Waals surface area contributed by atoms with E-state index in [1.807, 2.05) is 12.1 Å². The van der Waals surface area contributed by atoms with Crippen LogP contribution in [0.4, 0.5) is 0 Å². The van der Waals surface area contributed by atoms with Crippen molar-refractivity contribution in [1.29, 1.82) is 0 Å². The largest absolute Gasteiger partial charge is 0.502 e. The Kier molecular flexibility index (Phi) is 2.77. The highest BCUT2D eigenvalue weighted by molar-refractivity contribution is 5.58. The van der Waals surface area contributed by atoms with Crippen LogP contribution in [0.3, 0.4) is 0 Å². The molecule has 0 atom stereocenters. The number of nitrogens with zero attached hydrogens (tertiary/aromatic N) is 1. The molecule has 1 saturated heterocycles. The van der Waals surface area contributed by atoms with E-state index in [1.165, 1.54) is 12.8 Å². The van der Waals surface area contributed by atoms with Crippen LogP contribution in [-0.2, 0) is 4.74 Å². The molecule has 0 aliphatic carbocycles. The standard InChI is InChI=1S/C11H15NO2/c1-13-9-10(11-5-4-8-14-11)12-6-2-3-7-12/h4-5,8-9H,2-3,6-7H2,1H3. The van der Waals surface area contributed by atoms with Crippen molar-refractivity contribution >= 4 is 5.70 Å². The molecule has 0 bridgehead atoms. The van der Waals surface area contributed by atoms with Gasteiger partial charge in [0.2, 0.25) is 0 Å². The average molecular weight is 193 g/mol. The fourth-order valence-electron chi connectivity index (χ4n) is 1.78. The lowest BCUT2D eigenvalue weighted by atomic mass is 10.3. The summed E-state index contributed by atoms with van der Waals surface area (Å²) in [7, 11) is 1.67. The zero-order valence-corrected chi connectivity index (χ0v) is 8.40. The maximum absolute atomic E-state index is 5.37. The number of furan rings is 1. The first-order chi connectivity index (χ1) is 6.92. The number of methoxy groups -OCH3 is 1. The zero-order valence-electron chi connectivity index (χ0n) is 8.40. The molecule has 1 aromatic heterocycles. The van der Waals surface area contributed by atoms with Gasteiger partial charge in [-0.1, -0.05) is 0 Å². The molecule has 2 heterocycles. The van der Waals surface area contributed by atoms with Gasteiger partial charge < -0.3 is 14.1 Å². The van der Waals surface area contributed by atoms with Gasteiger partial charge >= 0.3 is 0 Å². The molecular formula is C11H15NO2. The van der Waals surface area contributed by atoms with Gasteiger partial charge in [-0.3, -0.25) is 0 Å². The molecule has 1 aliphatic rings. The first kappa shape index (κ1) is 9.19. The topological polar surface area (TPSA) is 25.6 Å². The van der Waals surface area contributed by atoms with Crippen molar-refractivity contribution in [1.82, 2.24) is 4.90 Å². The predicted octanol–water partition coefficient (Wildman–Crippen LogP) is 2.32. The van der Waals surface area contributed by atoms with Crippen LogP contribution >= 0.6 is 0 Å². The molecule has 1 fully saturated rings. The summed E-state index contributed by atoms with van der Waals surface area (Å²) in [5.74, 6) is 0.883. The molecular weight excluding hydrogens is 178 g/mol. The van der Waals surface area contributed by atoms with Crippen LogP contribution in [0.25, 0.3) is 5.70 Å². The highest BCUT2D eigenvalue weighted by atomic mass is 16.5. The molecule has 0 N–H and O–H groups in total. The molecule has 2 rings (SSSR count). The number of rotatable bonds is 3. The van der Waals surface area contributed by atoms with Crippen molar-refractivity contribution in [3.05, 3.63) is 30.4 Å². The monoisotopic (exact) mass is 193 g/mol. The molecule has 1 aliphatic heterocycles. The molecule has 0 spiro atoms. The Bertz CT molecular complexity index is 297. The maximum atomic E-state index is 5.37. The lowest BCUT2D eigenvalue weighted by molar-refractivity contribution is 0.326. The summed E-state index contributed by atoms with van der Waals surface area (Å²) in [4.78, 5) is 2.29. The van der Waals surface area contributed by atoms with E-state index in [2.05, 4.69) is 4.90 Å². The summed E-state index contributed by atoms with van der Waals surface area (Å²) >= 11 is 0. The van der Waals surface area contributed by atoms with Crippen LogP contribution in [0.15, 0.2) is 29.1 Å². The van der Waals surface area contributed by atoms with E-state index in [0.717, 1.165) is 24.5 Å². The lowest BCUT2D eigenvalue weighted by Gasteiger charge is -2.18. The Hall–Kier alpha value is -1.38. The fourth-order valence-corrected chi connectivity index (χ4v) is 1.78. The van der Waals surface area contributed by atoms with E-state index in [-0.39, 0.29) is 0 Å². The second-order valence-electron chi connectivity index (χ2n) is 3.41. The molecule has 3 nitrogen and oxygen atoms in total. The minimum Gasteiger partial charge on any atom is -0.502 e. The van der Waals surface area contributed by atoms with E-state index in [9.17, 15) is 0 Å². The maximum Gasteiger partial charge on any atom is 0.153 e. The third-order valence-corrected chi connectivity index (χ3v) is 2.45. The third-order valence-electron chi connectivity index (χ3n) is 2.45. The minimum atomic E-state index is 0.883. The molecule has 0 amide bonds. The Morgan fingerprint density at radius 1 is 1.50 bits per heavy atom. The molecule has 0 aromatic carbocycles. The second-order valence-corrected chi connectivity index (χ2v) is 3.41. The van der Waals surface area contributed by atoms with Crippen molar-refractivity contribution < 1.29 is 9.15 Å². The third kappa shape index (κ3) is 1.76. The quantitative estimate of drug-likeness (QED) is 0.689. The van der Waals surface area contributed by atoms with Gasteiger partial charge in [0.1, 0.15) is 12.0 Å². The van der Waals surface area contributed by atoms with Crippen LogP contribution in [0.2, 0.25) is 0 Å². The average Bonchev–Trinajstić information content (AvgIpc) is 2.87. The van der Waals surface area contributed by atoms with Gasteiger partial charge in [0, 0.05) is 13.1 Å². The van der Waals surface area contributed by atoms with E-state index in [4.69, 9.17) is 9.15 Å². The first-order valence-corrected chi connectivity index (χ1v) is 4.93. The van der Waals surface area contributed by atoms with Gasteiger partial charge in [-0.25, -0.2) is 0 Å². The summed E-state index contributed by atoms with van der Waals surface area (Å²) in [6.45, 7) is 2.19. The van der Waals surface area contributed by atoms with Crippen LogP contribution in [0, 0.1) is 0 Å². The Balaban J connectivity index is 2.19. The van der Waals surface area contributed by atoms with Crippen LogP contribution in [0.1, 0.15) is 18.6 Å². The summed E-state index contributed by atoms with van der Waals surface area (Å²) in [6, 6.07) is 3.86. The van der Waals surface area contributed by atoms with Crippen LogP contribution in [0.5, 0.6) is 0 Å². The van der Waals surface area contributed by atoms with Crippen LogP contribution in [-0.4, -0.2) is 25.1 Å². The van der Waals surface area contributed by atoms with Gasteiger partial charge in [-0.15, -0.1) is 0 Å². The van der Waals surface area contributed by atoms with Gasteiger partial charge in [0.05, 0.1) is 13.4 Å². The van der Waals surface area contributed by atoms with Gasteiger partial charge in [-0.05, 0) is 25.0 Å². The van der Waals surface area contributed by atoms with Crippen molar-refractivity contribution in [3.63, 3.8) is 0 Å². The fraction of sp³-hybridized carbons (Fsp3) is 0.455. The zero-order chi connectivity index (χ0) is 9.80. The summed E-state index contributed by atoms with van der Waals surface area (Å²) < 4.78 is 10.4. The van der Waals surface area contributed by atoms with Crippen molar-refractivity contribution in [2.45, 2.75) is 12.8 Å². The van der Waals surface area contributed by atoms with E-state index in [1.54, 1.807) is 19.6 Å². The van der Waals surface area contributed by atoms with Gasteiger partial charge in [0.25, 0.3) is 0 Å². The van der Waals surface area contributed by atoms with E-state index < -0.39 is 0 Å². The van der Waals surface area contributed by atoms with E-state index >= 15 is 0 Å².